The third-order valence-corrected chi connectivity index (χ3v) is 8.05. The van der Waals surface area contributed by atoms with E-state index in [0.29, 0.717) is 0 Å². The molecule has 0 saturated heterocycles. The lowest BCUT2D eigenvalue weighted by atomic mass is 9.89. The Hall–Kier alpha value is -5.47. The fraction of sp³-hybridized carbons (Fsp3) is 0. The topological polar surface area (TPSA) is 16.1 Å². The van der Waals surface area contributed by atoms with Gasteiger partial charge in [0.2, 0.25) is 0 Å². The fourth-order valence-electron chi connectivity index (χ4n) is 6.33. The molecule has 0 spiro atoms. The van der Waals surface area contributed by atoms with E-state index in [0.717, 1.165) is 17.2 Å². The van der Waals surface area contributed by atoms with E-state index in [1.807, 2.05) is 12.3 Å². The molecule has 0 aliphatic rings. The maximum Gasteiger partial charge on any atom is 0.137 e. The van der Waals surface area contributed by atoms with Crippen molar-refractivity contribution in [3.05, 3.63) is 158 Å². The van der Waals surface area contributed by atoms with Crippen LogP contribution in [0.1, 0.15) is 0 Å². The summed E-state index contributed by atoms with van der Waals surface area (Å²) in [5, 5.41) is 9.70. The molecule has 8 aromatic rings. The fourth-order valence-corrected chi connectivity index (χ4v) is 6.33. The zero-order chi connectivity index (χ0) is 27.2. The van der Waals surface area contributed by atoms with Crippen molar-refractivity contribution in [2.75, 3.05) is 4.90 Å². The van der Waals surface area contributed by atoms with Crippen LogP contribution in [0.3, 0.4) is 0 Å². The van der Waals surface area contributed by atoms with Crippen LogP contribution >= 0.6 is 0 Å². The highest BCUT2D eigenvalue weighted by Gasteiger charge is 2.24. The maximum atomic E-state index is 4.94. The van der Waals surface area contributed by atoms with Gasteiger partial charge in [-0.3, -0.25) is 4.90 Å². The molecule has 0 aliphatic heterocycles. The van der Waals surface area contributed by atoms with E-state index >= 15 is 0 Å². The van der Waals surface area contributed by atoms with E-state index in [1.165, 1.54) is 54.2 Å². The molecule has 41 heavy (non-hydrogen) atoms. The van der Waals surface area contributed by atoms with Gasteiger partial charge in [-0.15, -0.1) is 0 Å². The molecule has 1 heterocycles. The predicted molar refractivity (Wildman–Crippen MR) is 174 cm³/mol. The first-order valence-electron chi connectivity index (χ1n) is 14.0. The minimum absolute atomic E-state index is 0.885. The van der Waals surface area contributed by atoms with Crippen LogP contribution in [0, 0.1) is 0 Å². The van der Waals surface area contributed by atoms with Gasteiger partial charge in [0, 0.05) is 22.4 Å². The molecule has 7 aromatic carbocycles. The lowest BCUT2D eigenvalue weighted by molar-refractivity contribution is 1.20. The highest BCUT2D eigenvalue weighted by Crippen LogP contribution is 2.49. The van der Waals surface area contributed by atoms with Crippen LogP contribution in [0.2, 0.25) is 0 Å². The van der Waals surface area contributed by atoms with Crippen LogP contribution in [0.25, 0.3) is 54.2 Å². The summed E-state index contributed by atoms with van der Waals surface area (Å²) in [7, 11) is 0. The first-order chi connectivity index (χ1) is 20.4. The Kier molecular flexibility index (Phi) is 5.49. The maximum absolute atomic E-state index is 4.94. The molecule has 1 aromatic heterocycles. The van der Waals surface area contributed by atoms with Gasteiger partial charge in [-0.05, 0) is 56.3 Å². The molecule has 0 unspecified atom stereocenters. The van der Waals surface area contributed by atoms with Gasteiger partial charge in [-0.25, -0.2) is 4.98 Å². The number of rotatable bonds is 4. The van der Waals surface area contributed by atoms with Crippen molar-refractivity contribution in [3.63, 3.8) is 0 Å². The molecule has 0 radical (unpaired) electrons. The minimum atomic E-state index is 0.885. The van der Waals surface area contributed by atoms with Crippen LogP contribution in [0.4, 0.5) is 17.2 Å². The van der Waals surface area contributed by atoms with Crippen molar-refractivity contribution in [1.82, 2.24) is 4.98 Å². The van der Waals surface area contributed by atoms with Gasteiger partial charge in [-0.1, -0.05) is 133 Å². The van der Waals surface area contributed by atoms with Crippen molar-refractivity contribution >= 4 is 60.3 Å². The van der Waals surface area contributed by atoms with Gasteiger partial charge < -0.3 is 0 Å². The van der Waals surface area contributed by atoms with Gasteiger partial charge in [-0.2, -0.15) is 0 Å². The number of hydrogen-bond donors (Lipinski definition) is 0. The van der Waals surface area contributed by atoms with Gasteiger partial charge in [0.1, 0.15) is 5.82 Å². The summed E-state index contributed by atoms with van der Waals surface area (Å²) < 4.78 is 0. The summed E-state index contributed by atoms with van der Waals surface area (Å²) in [6.07, 6.45) is 1.88. The molecule has 8 rings (SSSR count). The van der Waals surface area contributed by atoms with E-state index < -0.39 is 0 Å². The Balaban J connectivity index is 1.57. The molecule has 0 atom stereocenters. The number of pyridine rings is 1. The highest BCUT2D eigenvalue weighted by atomic mass is 15.2. The second kappa shape index (κ2) is 9.62. The number of aromatic nitrogens is 1. The number of fused-ring (bicyclic) bond motifs is 5. The monoisotopic (exact) mass is 522 g/mol. The molecule has 0 saturated carbocycles. The first-order valence-corrected chi connectivity index (χ1v) is 14.0. The van der Waals surface area contributed by atoms with Crippen LogP contribution in [0.5, 0.6) is 0 Å². The molecule has 0 fully saturated rings. The molecule has 0 N–H and O–H groups in total. The van der Waals surface area contributed by atoms with Crippen molar-refractivity contribution in [3.8, 4) is 11.1 Å². The molecular formula is C39H26N2. The predicted octanol–water partition coefficient (Wildman–Crippen LogP) is 10.8. The van der Waals surface area contributed by atoms with E-state index in [2.05, 4.69) is 150 Å². The minimum Gasteiger partial charge on any atom is -0.293 e. The van der Waals surface area contributed by atoms with E-state index in [4.69, 9.17) is 4.98 Å². The molecule has 0 bridgehead atoms. The molecule has 2 nitrogen and oxygen atoms in total. The normalized spacial score (nSPS) is 11.4. The Morgan fingerprint density at radius 3 is 1.61 bits per heavy atom. The second-order valence-corrected chi connectivity index (χ2v) is 10.4. The Morgan fingerprint density at radius 1 is 0.415 bits per heavy atom. The summed E-state index contributed by atoms with van der Waals surface area (Å²) in [6, 6.07) is 54.2. The average Bonchev–Trinajstić information content (AvgIpc) is 3.05. The zero-order valence-corrected chi connectivity index (χ0v) is 22.4. The SMILES string of the molecule is c1ccc(-c2c3ccccc3c(N(c3ccccn3)c3cc4ccccc4c4ccccc34)c3ccccc23)cc1. The molecule has 0 aliphatic carbocycles. The van der Waals surface area contributed by atoms with Crippen LogP contribution in [0.15, 0.2) is 158 Å². The van der Waals surface area contributed by atoms with Crippen molar-refractivity contribution in [1.29, 1.82) is 0 Å². The van der Waals surface area contributed by atoms with Gasteiger partial charge in [0.15, 0.2) is 0 Å². The van der Waals surface area contributed by atoms with E-state index in [1.54, 1.807) is 0 Å². The molecular weight excluding hydrogens is 496 g/mol. The van der Waals surface area contributed by atoms with Gasteiger partial charge in [0.05, 0.1) is 11.4 Å². The number of benzene rings is 7. The molecule has 192 valence electrons. The number of hydrogen-bond acceptors (Lipinski definition) is 2. The lowest BCUT2D eigenvalue weighted by Gasteiger charge is -2.30. The van der Waals surface area contributed by atoms with E-state index in [-0.39, 0.29) is 0 Å². The standard InChI is InChI=1S/C39H26N2/c1-2-14-27(15-3-1)38-32-20-8-10-22-34(32)39(35-23-11-9-21-33(35)38)41(37-24-12-13-25-40-37)36-26-28-16-4-5-17-29(28)30-18-6-7-19-31(30)36/h1-26H. The Bertz CT molecular complexity index is 2140. The summed E-state index contributed by atoms with van der Waals surface area (Å²) in [4.78, 5) is 7.31. The third-order valence-electron chi connectivity index (χ3n) is 8.05. The molecule has 2 heteroatoms. The van der Waals surface area contributed by atoms with Gasteiger partial charge in [0.25, 0.3) is 0 Å². The number of nitrogens with zero attached hydrogens (tertiary/aromatic N) is 2. The van der Waals surface area contributed by atoms with Crippen LogP contribution in [-0.4, -0.2) is 4.98 Å². The highest BCUT2D eigenvalue weighted by molar-refractivity contribution is 6.24. The Labute approximate surface area is 238 Å². The van der Waals surface area contributed by atoms with Crippen LogP contribution in [-0.2, 0) is 0 Å². The lowest BCUT2D eigenvalue weighted by Crippen LogP contribution is -2.13. The molecule has 0 amide bonds. The van der Waals surface area contributed by atoms with Crippen molar-refractivity contribution in [2.24, 2.45) is 0 Å². The largest absolute Gasteiger partial charge is 0.293 e. The van der Waals surface area contributed by atoms with Crippen molar-refractivity contribution in [2.45, 2.75) is 0 Å². The zero-order valence-electron chi connectivity index (χ0n) is 22.4. The third kappa shape index (κ3) is 3.76. The van der Waals surface area contributed by atoms with E-state index in [9.17, 15) is 0 Å². The number of anilines is 3. The smallest absolute Gasteiger partial charge is 0.137 e. The van der Waals surface area contributed by atoms with Crippen LogP contribution < -0.4 is 4.90 Å². The second-order valence-electron chi connectivity index (χ2n) is 10.4. The quantitative estimate of drug-likeness (QED) is 0.169. The summed E-state index contributed by atoms with van der Waals surface area (Å²) in [6.45, 7) is 0. The first kappa shape index (κ1) is 23.4. The Morgan fingerprint density at radius 2 is 0.951 bits per heavy atom. The summed E-state index contributed by atoms with van der Waals surface area (Å²) in [5.41, 5.74) is 4.72. The van der Waals surface area contributed by atoms with Crippen molar-refractivity contribution < 1.29 is 0 Å². The summed E-state index contributed by atoms with van der Waals surface area (Å²) in [5.74, 6) is 0.885. The summed E-state index contributed by atoms with van der Waals surface area (Å²) >= 11 is 0. The van der Waals surface area contributed by atoms with Gasteiger partial charge >= 0.3 is 0 Å². The average molecular weight is 523 g/mol.